The van der Waals surface area contributed by atoms with E-state index in [-0.39, 0.29) is 5.92 Å². The highest BCUT2D eigenvalue weighted by Crippen LogP contribution is 2.13. The number of benzene rings is 1. The van der Waals surface area contributed by atoms with Crippen molar-refractivity contribution in [2.45, 2.75) is 25.9 Å². The third kappa shape index (κ3) is 3.56. The van der Waals surface area contributed by atoms with Gasteiger partial charge in [-0.25, -0.2) is 4.79 Å². The number of carboxylic acids is 1. The van der Waals surface area contributed by atoms with Crippen LogP contribution in [-0.2, 0) is 9.59 Å². The van der Waals surface area contributed by atoms with E-state index in [1.165, 1.54) is 0 Å². The largest absolute Gasteiger partial charge is 0.479 e. The number of nitrogens with one attached hydrogen (secondary N) is 1. The van der Waals surface area contributed by atoms with Gasteiger partial charge in [0.2, 0.25) is 5.91 Å². The zero-order valence-corrected chi connectivity index (χ0v) is 10.5. The van der Waals surface area contributed by atoms with Crippen molar-refractivity contribution in [2.75, 3.05) is 0 Å². The molecule has 0 spiro atoms. The van der Waals surface area contributed by atoms with Crippen LogP contribution in [0.2, 0.25) is 0 Å². The Bertz CT molecular complexity index is 418. The number of carbonyl (C=O) groups excluding carboxylic acids is 1. The van der Waals surface area contributed by atoms with Crippen LogP contribution in [0.1, 0.15) is 25.5 Å². The molecule has 5 heteroatoms. The molecule has 18 heavy (non-hydrogen) atoms. The van der Waals surface area contributed by atoms with E-state index in [1.807, 2.05) is 13.8 Å². The number of carbonyl (C=O) groups is 2. The van der Waals surface area contributed by atoms with Crippen molar-refractivity contribution in [3.63, 3.8) is 0 Å². The minimum Gasteiger partial charge on any atom is -0.479 e. The van der Waals surface area contributed by atoms with Gasteiger partial charge in [0.05, 0.1) is 6.04 Å². The molecule has 0 unspecified atom stereocenters. The van der Waals surface area contributed by atoms with E-state index in [4.69, 9.17) is 10.8 Å². The van der Waals surface area contributed by atoms with Gasteiger partial charge >= 0.3 is 5.97 Å². The monoisotopic (exact) mass is 250 g/mol. The fraction of sp³-hybridized carbons (Fsp3) is 0.385. The average Bonchev–Trinajstić information content (AvgIpc) is 2.35. The number of amides is 1. The molecule has 1 amide bonds. The predicted octanol–water partition coefficient (Wildman–Crippen LogP) is 0.912. The van der Waals surface area contributed by atoms with Gasteiger partial charge in [-0.05, 0) is 11.5 Å². The lowest BCUT2D eigenvalue weighted by molar-refractivity contribution is -0.142. The molecular weight excluding hydrogens is 232 g/mol. The van der Waals surface area contributed by atoms with E-state index < -0.39 is 24.0 Å². The van der Waals surface area contributed by atoms with Crippen molar-refractivity contribution in [3.8, 4) is 0 Å². The first-order valence-corrected chi connectivity index (χ1v) is 5.77. The molecule has 98 valence electrons. The molecule has 0 aliphatic carbocycles. The Kier molecular flexibility index (Phi) is 4.85. The van der Waals surface area contributed by atoms with Crippen molar-refractivity contribution >= 4 is 11.9 Å². The molecule has 0 aliphatic rings. The third-order valence-electron chi connectivity index (χ3n) is 2.69. The van der Waals surface area contributed by atoms with Crippen molar-refractivity contribution in [2.24, 2.45) is 11.7 Å². The molecule has 1 aromatic rings. The molecule has 5 nitrogen and oxygen atoms in total. The van der Waals surface area contributed by atoms with Crippen molar-refractivity contribution in [1.29, 1.82) is 0 Å². The molecule has 0 fully saturated rings. The summed E-state index contributed by atoms with van der Waals surface area (Å²) in [5, 5.41) is 11.6. The molecule has 0 heterocycles. The summed E-state index contributed by atoms with van der Waals surface area (Å²) in [6, 6.07) is 6.75. The minimum atomic E-state index is -1.11. The normalized spacial score (nSPS) is 14.0. The predicted molar refractivity (Wildman–Crippen MR) is 67.8 cm³/mol. The molecule has 2 atom stereocenters. The van der Waals surface area contributed by atoms with Crippen LogP contribution in [0.5, 0.6) is 0 Å². The number of hydrogen-bond acceptors (Lipinski definition) is 3. The van der Waals surface area contributed by atoms with Crippen LogP contribution in [0, 0.1) is 5.92 Å². The highest BCUT2D eigenvalue weighted by Gasteiger charge is 2.25. The van der Waals surface area contributed by atoms with Gasteiger partial charge in [-0.3, -0.25) is 4.79 Å². The van der Waals surface area contributed by atoms with Gasteiger partial charge in [-0.1, -0.05) is 44.2 Å². The SMILES string of the molecule is CC(C)[C@H](N)C(=O)N[C@@H](C(=O)O)c1ccccc1. The lowest BCUT2D eigenvalue weighted by Gasteiger charge is -2.20. The molecule has 0 saturated heterocycles. The number of hydrogen-bond donors (Lipinski definition) is 3. The minimum absolute atomic E-state index is 0.0461. The number of nitrogens with two attached hydrogens (primary N) is 1. The first-order chi connectivity index (χ1) is 8.43. The fourth-order valence-electron chi connectivity index (χ4n) is 1.47. The smallest absolute Gasteiger partial charge is 0.330 e. The van der Waals surface area contributed by atoms with Crippen molar-refractivity contribution < 1.29 is 14.7 Å². The number of rotatable bonds is 5. The molecule has 1 rings (SSSR count). The summed E-state index contributed by atoms with van der Waals surface area (Å²) >= 11 is 0. The molecule has 0 saturated carbocycles. The molecule has 0 aromatic heterocycles. The average molecular weight is 250 g/mol. The van der Waals surface area contributed by atoms with Crippen LogP contribution in [0.4, 0.5) is 0 Å². The maximum atomic E-state index is 11.8. The van der Waals surface area contributed by atoms with Gasteiger partial charge in [0.1, 0.15) is 0 Å². The number of aliphatic carboxylic acids is 1. The topological polar surface area (TPSA) is 92.4 Å². The van der Waals surface area contributed by atoms with E-state index in [0.29, 0.717) is 5.56 Å². The van der Waals surface area contributed by atoms with Crippen LogP contribution in [0.3, 0.4) is 0 Å². The molecule has 0 bridgehead atoms. The summed E-state index contributed by atoms with van der Waals surface area (Å²) in [5.74, 6) is -1.61. The summed E-state index contributed by atoms with van der Waals surface area (Å²) in [7, 11) is 0. The highest BCUT2D eigenvalue weighted by molar-refractivity contribution is 5.87. The second kappa shape index (κ2) is 6.16. The summed E-state index contributed by atoms with van der Waals surface area (Å²) in [6.45, 7) is 3.62. The van der Waals surface area contributed by atoms with E-state index in [1.54, 1.807) is 30.3 Å². The Labute approximate surface area is 106 Å². The second-order valence-electron chi connectivity index (χ2n) is 4.46. The maximum Gasteiger partial charge on any atom is 0.330 e. The van der Waals surface area contributed by atoms with Gasteiger partial charge in [0.25, 0.3) is 0 Å². The van der Waals surface area contributed by atoms with Gasteiger partial charge < -0.3 is 16.2 Å². The van der Waals surface area contributed by atoms with Gasteiger partial charge in [0, 0.05) is 0 Å². The molecule has 4 N–H and O–H groups in total. The first-order valence-electron chi connectivity index (χ1n) is 5.77. The molecule has 0 radical (unpaired) electrons. The Morgan fingerprint density at radius 1 is 1.22 bits per heavy atom. The summed E-state index contributed by atoms with van der Waals surface area (Å²) in [5.41, 5.74) is 6.20. The summed E-state index contributed by atoms with van der Waals surface area (Å²) < 4.78 is 0. The fourth-order valence-corrected chi connectivity index (χ4v) is 1.47. The third-order valence-corrected chi connectivity index (χ3v) is 2.69. The molecule has 1 aromatic carbocycles. The summed E-state index contributed by atoms with van der Waals surface area (Å²) in [6.07, 6.45) is 0. The molecular formula is C13H18N2O3. The standard InChI is InChI=1S/C13H18N2O3/c1-8(2)10(14)12(16)15-11(13(17)18)9-6-4-3-5-7-9/h3-8,10-11H,14H2,1-2H3,(H,15,16)(H,17,18)/t10-,11+/m0/s1. The van der Waals surface area contributed by atoms with Gasteiger partial charge in [0.15, 0.2) is 6.04 Å². The first kappa shape index (κ1) is 14.2. The Morgan fingerprint density at radius 2 is 1.78 bits per heavy atom. The zero-order valence-electron chi connectivity index (χ0n) is 10.5. The molecule has 0 aliphatic heterocycles. The van der Waals surface area contributed by atoms with Gasteiger partial charge in [-0.2, -0.15) is 0 Å². The van der Waals surface area contributed by atoms with E-state index >= 15 is 0 Å². The zero-order chi connectivity index (χ0) is 13.7. The van der Waals surface area contributed by atoms with E-state index in [2.05, 4.69) is 5.32 Å². The Balaban J connectivity index is 2.83. The Morgan fingerprint density at radius 3 is 2.22 bits per heavy atom. The number of carboxylic acid groups (broad SMARTS) is 1. The van der Waals surface area contributed by atoms with E-state index in [9.17, 15) is 9.59 Å². The van der Waals surface area contributed by atoms with Crippen LogP contribution in [-0.4, -0.2) is 23.0 Å². The van der Waals surface area contributed by atoms with E-state index in [0.717, 1.165) is 0 Å². The highest BCUT2D eigenvalue weighted by atomic mass is 16.4. The second-order valence-corrected chi connectivity index (χ2v) is 4.46. The maximum absolute atomic E-state index is 11.8. The lowest BCUT2D eigenvalue weighted by Crippen LogP contribution is -2.46. The van der Waals surface area contributed by atoms with Crippen molar-refractivity contribution in [1.82, 2.24) is 5.32 Å². The van der Waals surface area contributed by atoms with Crippen molar-refractivity contribution in [3.05, 3.63) is 35.9 Å². The summed E-state index contributed by atoms with van der Waals surface area (Å²) in [4.78, 5) is 22.9. The van der Waals surface area contributed by atoms with Gasteiger partial charge in [-0.15, -0.1) is 0 Å². The lowest BCUT2D eigenvalue weighted by atomic mass is 10.0. The Hall–Kier alpha value is -1.88. The quantitative estimate of drug-likeness (QED) is 0.724. The van der Waals surface area contributed by atoms with Crippen LogP contribution >= 0.6 is 0 Å². The van der Waals surface area contributed by atoms with Crippen LogP contribution in [0.25, 0.3) is 0 Å². The van der Waals surface area contributed by atoms with Crippen LogP contribution in [0.15, 0.2) is 30.3 Å². The van der Waals surface area contributed by atoms with Crippen LogP contribution < -0.4 is 11.1 Å².